The van der Waals surface area contributed by atoms with E-state index in [9.17, 15) is 9.59 Å². The van der Waals surface area contributed by atoms with Gasteiger partial charge in [0.05, 0.1) is 23.7 Å². The Balaban J connectivity index is 1.89. The van der Waals surface area contributed by atoms with Crippen molar-refractivity contribution in [3.8, 4) is 0 Å². The maximum atomic E-state index is 12.2. The van der Waals surface area contributed by atoms with Gasteiger partial charge in [0, 0.05) is 6.20 Å². The number of nitrogens with one attached hydrogen (secondary N) is 1. The van der Waals surface area contributed by atoms with Gasteiger partial charge in [0.2, 0.25) is 11.8 Å². The van der Waals surface area contributed by atoms with Gasteiger partial charge in [-0.2, -0.15) is 5.10 Å². The molecule has 1 aliphatic carbocycles. The molecule has 2 heterocycles. The fourth-order valence-electron chi connectivity index (χ4n) is 3.08. The van der Waals surface area contributed by atoms with E-state index in [1.54, 1.807) is 6.20 Å². The number of anilines is 1. The Kier molecular flexibility index (Phi) is 2.28. The van der Waals surface area contributed by atoms with Crippen molar-refractivity contribution < 1.29 is 9.59 Å². The molecule has 1 aromatic heterocycles. The van der Waals surface area contributed by atoms with E-state index in [1.807, 2.05) is 0 Å². The normalized spacial score (nSPS) is 32.3. The SMILES string of the molecule is CCC1CC2C(=O)N(c3cn[nH]c3)C(=O)C2C1. The van der Waals surface area contributed by atoms with Gasteiger partial charge in [-0.15, -0.1) is 0 Å². The molecule has 2 unspecified atom stereocenters. The van der Waals surface area contributed by atoms with Crippen LogP contribution in [-0.2, 0) is 9.59 Å². The van der Waals surface area contributed by atoms with E-state index in [1.165, 1.54) is 11.1 Å². The van der Waals surface area contributed by atoms with Gasteiger partial charge in [-0.25, -0.2) is 4.90 Å². The number of hydrogen-bond acceptors (Lipinski definition) is 3. The number of nitrogens with zero attached hydrogens (tertiary/aromatic N) is 2. The Morgan fingerprint density at radius 2 is 2.00 bits per heavy atom. The van der Waals surface area contributed by atoms with E-state index in [0.717, 1.165) is 19.3 Å². The molecule has 3 rings (SSSR count). The molecular formula is C12H15N3O2. The fraction of sp³-hybridized carbons (Fsp3) is 0.583. The Morgan fingerprint density at radius 1 is 1.35 bits per heavy atom. The zero-order valence-electron chi connectivity index (χ0n) is 9.72. The summed E-state index contributed by atoms with van der Waals surface area (Å²) in [6.07, 6.45) is 5.89. The van der Waals surface area contributed by atoms with Crippen LogP contribution in [-0.4, -0.2) is 22.0 Å². The van der Waals surface area contributed by atoms with Crippen LogP contribution < -0.4 is 4.90 Å². The van der Waals surface area contributed by atoms with Crippen molar-refractivity contribution in [3.05, 3.63) is 12.4 Å². The molecule has 1 saturated heterocycles. The van der Waals surface area contributed by atoms with E-state index in [4.69, 9.17) is 0 Å². The predicted octanol–water partition coefficient (Wildman–Crippen LogP) is 1.34. The molecule has 2 atom stereocenters. The molecule has 0 spiro atoms. The monoisotopic (exact) mass is 233 g/mol. The summed E-state index contributed by atoms with van der Waals surface area (Å²) in [6, 6.07) is 0. The lowest BCUT2D eigenvalue weighted by atomic mass is 10.00. The van der Waals surface area contributed by atoms with Gasteiger partial charge < -0.3 is 0 Å². The lowest BCUT2D eigenvalue weighted by Gasteiger charge is -2.15. The largest absolute Gasteiger partial charge is 0.284 e. The number of imide groups is 1. The number of rotatable bonds is 2. The second-order valence-corrected chi connectivity index (χ2v) is 4.93. The summed E-state index contributed by atoms with van der Waals surface area (Å²) >= 11 is 0. The van der Waals surface area contributed by atoms with Crippen molar-refractivity contribution >= 4 is 17.5 Å². The maximum absolute atomic E-state index is 12.2. The van der Waals surface area contributed by atoms with Crippen LogP contribution in [0.3, 0.4) is 0 Å². The van der Waals surface area contributed by atoms with Crippen LogP contribution >= 0.6 is 0 Å². The highest BCUT2D eigenvalue weighted by atomic mass is 16.2. The van der Waals surface area contributed by atoms with Crippen LogP contribution in [0.25, 0.3) is 0 Å². The minimum atomic E-state index is -0.0950. The van der Waals surface area contributed by atoms with Crippen LogP contribution in [0, 0.1) is 17.8 Å². The smallest absolute Gasteiger partial charge is 0.237 e. The van der Waals surface area contributed by atoms with Crippen molar-refractivity contribution in [2.24, 2.45) is 17.8 Å². The number of hydrogen-bond donors (Lipinski definition) is 1. The summed E-state index contributed by atoms with van der Waals surface area (Å²) in [6.45, 7) is 2.12. The lowest BCUT2D eigenvalue weighted by molar-refractivity contribution is -0.123. The average molecular weight is 233 g/mol. The summed E-state index contributed by atoms with van der Waals surface area (Å²) in [5.41, 5.74) is 0.572. The van der Waals surface area contributed by atoms with Crippen molar-refractivity contribution in [3.63, 3.8) is 0 Å². The molecule has 5 heteroatoms. The number of aromatic amines is 1. The van der Waals surface area contributed by atoms with Gasteiger partial charge in [-0.1, -0.05) is 13.3 Å². The molecule has 2 aliphatic rings. The highest BCUT2D eigenvalue weighted by molar-refractivity contribution is 6.22. The van der Waals surface area contributed by atoms with Crippen molar-refractivity contribution in [2.45, 2.75) is 26.2 Å². The van der Waals surface area contributed by atoms with Crippen LogP contribution in [0.5, 0.6) is 0 Å². The number of fused-ring (bicyclic) bond motifs is 1. The van der Waals surface area contributed by atoms with Crippen LogP contribution in [0.2, 0.25) is 0 Å². The van der Waals surface area contributed by atoms with Crippen LogP contribution in [0.4, 0.5) is 5.69 Å². The van der Waals surface area contributed by atoms with E-state index in [-0.39, 0.29) is 23.7 Å². The first-order valence-electron chi connectivity index (χ1n) is 6.09. The maximum Gasteiger partial charge on any atom is 0.237 e. The summed E-state index contributed by atoms with van der Waals surface area (Å²) in [4.78, 5) is 25.7. The number of amides is 2. The molecule has 90 valence electrons. The molecular weight excluding hydrogens is 218 g/mol. The summed E-state index contributed by atoms with van der Waals surface area (Å²) < 4.78 is 0. The average Bonchev–Trinajstić information content (AvgIpc) is 3.00. The van der Waals surface area contributed by atoms with Crippen LogP contribution in [0.1, 0.15) is 26.2 Å². The fourth-order valence-corrected chi connectivity index (χ4v) is 3.08. The summed E-state index contributed by atoms with van der Waals surface area (Å²) in [5, 5.41) is 6.43. The third-order valence-corrected chi connectivity index (χ3v) is 4.05. The van der Waals surface area contributed by atoms with Gasteiger partial charge in [-0.3, -0.25) is 14.7 Å². The molecule has 5 nitrogen and oxygen atoms in total. The Hall–Kier alpha value is -1.65. The minimum absolute atomic E-state index is 0.0441. The molecule has 1 saturated carbocycles. The molecule has 1 N–H and O–H groups in total. The third-order valence-electron chi connectivity index (χ3n) is 4.05. The molecule has 1 aromatic rings. The number of aromatic nitrogens is 2. The van der Waals surface area contributed by atoms with E-state index >= 15 is 0 Å². The van der Waals surface area contributed by atoms with Crippen LogP contribution in [0.15, 0.2) is 12.4 Å². The number of H-pyrrole nitrogens is 1. The van der Waals surface area contributed by atoms with Gasteiger partial charge in [-0.05, 0) is 18.8 Å². The third kappa shape index (κ3) is 1.41. The Labute approximate surface area is 99.2 Å². The molecule has 0 bridgehead atoms. The quantitative estimate of drug-likeness (QED) is 0.784. The number of carbonyl (C=O) groups is 2. The first kappa shape index (κ1) is 10.5. The molecule has 1 aliphatic heterocycles. The highest BCUT2D eigenvalue weighted by Gasteiger charge is 2.52. The summed E-state index contributed by atoms with van der Waals surface area (Å²) in [7, 11) is 0. The molecule has 2 amide bonds. The van der Waals surface area contributed by atoms with Gasteiger partial charge >= 0.3 is 0 Å². The van der Waals surface area contributed by atoms with Gasteiger partial charge in [0.15, 0.2) is 0 Å². The molecule has 0 aromatic carbocycles. The first-order valence-corrected chi connectivity index (χ1v) is 6.09. The molecule has 0 radical (unpaired) electrons. The van der Waals surface area contributed by atoms with E-state index < -0.39 is 0 Å². The van der Waals surface area contributed by atoms with Crippen molar-refractivity contribution in [1.82, 2.24) is 10.2 Å². The predicted molar refractivity (Wildman–Crippen MR) is 61.1 cm³/mol. The second kappa shape index (κ2) is 3.68. The van der Waals surface area contributed by atoms with E-state index in [2.05, 4.69) is 17.1 Å². The Bertz CT molecular complexity index is 430. The highest BCUT2D eigenvalue weighted by Crippen LogP contribution is 2.45. The van der Waals surface area contributed by atoms with Gasteiger partial charge in [0.25, 0.3) is 0 Å². The minimum Gasteiger partial charge on any atom is -0.284 e. The molecule has 17 heavy (non-hydrogen) atoms. The standard InChI is InChI=1S/C12H15N3O2/c1-2-7-3-9-10(4-7)12(17)15(11(9)16)8-5-13-14-6-8/h5-7,9-10H,2-4H2,1H3,(H,13,14). The van der Waals surface area contributed by atoms with E-state index in [0.29, 0.717) is 11.6 Å². The zero-order chi connectivity index (χ0) is 12.0. The van der Waals surface area contributed by atoms with Gasteiger partial charge in [0.1, 0.15) is 0 Å². The lowest BCUT2D eigenvalue weighted by Crippen LogP contribution is -2.31. The van der Waals surface area contributed by atoms with Crippen molar-refractivity contribution in [2.75, 3.05) is 4.90 Å². The molecule has 2 fully saturated rings. The van der Waals surface area contributed by atoms with Crippen molar-refractivity contribution in [1.29, 1.82) is 0 Å². The summed E-state index contributed by atoms with van der Waals surface area (Å²) in [5.74, 6) is 0.254. The Morgan fingerprint density at radius 3 is 2.47 bits per heavy atom. The second-order valence-electron chi connectivity index (χ2n) is 4.93. The topological polar surface area (TPSA) is 66.1 Å². The number of carbonyl (C=O) groups excluding carboxylic acids is 2. The zero-order valence-corrected chi connectivity index (χ0v) is 9.72. The first-order chi connectivity index (χ1) is 8.22.